The van der Waals surface area contributed by atoms with Gasteiger partial charge in [0.2, 0.25) is 17.7 Å². The molecule has 2 N–H and O–H groups in total. The fourth-order valence-electron chi connectivity index (χ4n) is 3.79. The predicted molar refractivity (Wildman–Crippen MR) is 106 cm³/mol. The third-order valence-corrected chi connectivity index (χ3v) is 5.53. The molecule has 1 aromatic carbocycles. The first-order valence-corrected chi connectivity index (χ1v) is 10.2. The van der Waals surface area contributed by atoms with E-state index in [9.17, 15) is 14.4 Å². The lowest BCUT2D eigenvalue weighted by molar-refractivity contribution is -0.132. The minimum absolute atomic E-state index is 0.000215. The number of carbonyl (C=O) groups excluding carboxylic acids is 3. The largest absolute Gasteiger partial charge is 0.352 e. The summed E-state index contributed by atoms with van der Waals surface area (Å²) >= 11 is 0. The first-order chi connectivity index (χ1) is 13.6. The molecule has 3 rings (SSSR count). The highest BCUT2D eigenvalue weighted by atomic mass is 16.2. The van der Waals surface area contributed by atoms with E-state index in [1.54, 1.807) is 4.90 Å². The molecule has 2 fully saturated rings. The molecule has 0 radical (unpaired) electrons. The van der Waals surface area contributed by atoms with E-state index >= 15 is 0 Å². The Kier molecular flexibility index (Phi) is 7.42. The maximum absolute atomic E-state index is 12.4. The summed E-state index contributed by atoms with van der Waals surface area (Å²) in [5.41, 5.74) is 1.09. The Bertz CT molecular complexity index is 665. The van der Waals surface area contributed by atoms with Crippen LogP contribution in [0.3, 0.4) is 0 Å². The molecular formula is C21H30N4O3. The number of benzene rings is 1. The molecule has 0 aliphatic carbocycles. The van der Waals surface area contributed by atoms with Crippen molar-refractivity contribution in [3.8, 4) is 0 Å². The van der Waals surface area contributed by atoms with E-state index in [0.29, 0.717) is 6.54 Å². The zero-order chi connectivity index (χ0) is 19.8. The van der Waals surface area contributed by atoms with E-state index in [-0.39, 0.29) is 36.7 Å². The Hall–Kier alpha value is -2.41. The molecule has 2 aliphatic heterocycles. The van der Waals surface area contributed by atoms with Gasteiger partial charge in [0.15, 0.2) is 0 Å². The van der Waals surface area contributed by atoms with Crippen LogP contribution in [0.4, 0.5) is 0 Å². The number of amides is 3. The maximum atomic E-state index is 12.4. The maximum Gasteiger partial charge on any atom is 0.241 e. The van der Waals surface area contributed by atoms with Crippen molar-refractivity contribution in [2.24, 2.45) is 5.92 Å². The lowest BCUT2D eigenvalue weighted by Crippen LogP contribution is -2.46. The van der Waals surface area contributed by atoms with Gasteiger partial charge in [-0.25, -0.2) is 0 Å². The van der Waals surface area contributed by atoms with Gasteiger partial charge in [-0.05, 0) is 44.3 Å². The molecule has 1 aromatic rings. The smallest absolute Gasteiger partial charge is 0.241 e. The SMILES string of the molecule is O=C(CN1CCC(C(=O)NCc2ccccc2)CC1)NCC(=O)N1CCCC1. The zero-order valence-electron chi connectivity index (χ0n) is 16.4. The minimum atomic E-state index is -0.125. The predicted octanol–water partition coefficient (Wildman–Crippen LogP) is 0.753. The molecular weight excluding hydrogens is 356 g/mol. The molecule has 0 spiro atoms. The topological polar surface area (TPSA) is 81.8 Å². The normalized spacial score (nSPS) is 18.1. The van der Waals surface area contributed by atoms with Gasteiger partial charge in [-0.2, -0.15) is 0 Å². The molecule has 0 saturated carbocycles. The van der Waals surface area contributed by atoms with Crippen molar-refractivity contribution in [1.29, 1.82) is 0 Å². The summed E-state index contributed by atoms with van der Waals surface area (Å²) in [4.78, 5) is 40.3. The van der Waals surface area contributed by atoms with E-state index in [2.05, 4.69) is 15.5 Å². The molecule has 2 aliphatic rings. The van der Waals surface area contributed by atoms with Gasteiger partial charge in [-0.3, -0.25) is 19.3 Å². The number of rotatable bonds is 7. The van der Waals surface area contributed by atoms with Gasteiger partial charge < -0.3 is 15.5 Å². The van der Waals surface area contributed by atoms with Gasteiger partial charge in [-0.1, -0.05) is 30.3 Å². The van der Waals surface area contributed by atoms with Crippen LogP contribution in [0, 0.1) is 5.92 Å². The first kappa shape index (κ1) is 20.3. The van der Waals surface area contributed by atoms with Crippen molar-refractivity contribution < 1.29 is 14.4 Å². The third kappa shape index (κ3) is 6.05. The first-order valence-electron chi connectivity index (χ1n) is 10.2. The molecule has 2 heterocycles. The monoisotopic (exact) mass is 386 g/mol. The number of piperidine rings is 1. The molecule has 152 valence electrons. The summed E-state index contributed by atoms with van der Waals surface area (Å²) in [7, 11) is 0. The second-order valence-electron chi connectivity index (χ2n) is 7.62. The van der Waals surface area contributed by atoms with Crippen LogP contribution in [0.1, 0.15) is 31.2 Å². The summed E-state index contributed by atoms with van der Waals surface area (Å²) in [6.07, 6.45) is 3.60. The van der Waals surface area contributed by atoms with Crippen LogP contribution in [-0.2, 0) is 20.9 Å². The van der Waals surface area contributed by atoms with Crippen molar-refractivity contribution in [2.75, 3.05) is 39.3 Å². The lowest BCUT2D eigenvalue weighted by Gasteiger charge is -2.30. The fourth-order valence-corrected chi connectivity index (χ4v) is 3.79. The highest BCUT2D eigenvalue weighted by Crippen LogP contribution is 2.17. The van der Waals surface area contributed by atoms with Gasteiger partial charge >= 0.3 is 0 Å². The molecule has 2 saturated heterocycles. The summed E-state index contributed by atoms with van der Waals surface area (Å²) in [5, 5.41) is 5.73. The minimum Gasteiger partial charge on any atom is -0.352 e. The van der Waals surface area contributed by atoms with E-state index < -0.39 is 0 Å². The van der Waals surface area contributed by atoms with E-state index in [1.807, 2.05) is 30.3 Å². The van der Waals surface area contributed by atoms with Crippen LogP contribution in [0.5, 0.6) is 0 Å². The molecule has 3 amide bonds. The number of hydrogen-bond acceptors (Lipinski definition) is 4. The number of carbonyl (C=O) groups is 3. The van der Waals surface area contributed by atoms with Crippen molar-refractivity contribution in [1.82, 2.24) is 20.4 Å². The van der Waals surface area contributed by atoms with Crippen LogP contribution in [0.25, 0.3) is 0 Å². The van der Waals surface area contributed by atoms with Crippen molar-refractivity contribution >= 4 is 17.7 Å². The second-order valence-corrected chi connectivity index (χ2v) is 7.62. The highest BCUT2D eigenvalue weighted by molar-refractivity contribution is 5.85. The highest BCUT2D eigenvalue weighted by Gasteiger charge is 2.26. The summed E-state index contributed by atoms with van der Waals surface area (Å²) < 4.78 is 0. The average Bonchev–Trinajstić information content (AvgIpc) is 3.26. The molecule has 0 bridgehead atoms. The van der Waals surface area contributed by atoms with Crippen LogP contribution < -0.4 is 10.6 Å². The summed E-state index contributed by atoms with van der Waals surface area (Å²) in [6, 6.07) is 9.87. The van der Waals surface area contributed by atoms with Crippen molar-refractivity contribution in [2.45, 2.75) is 32.2 Å². The van der Waals surface area contributed by atoms with Crippen LogP contribution in [-0.4, -0.2) is 66.8 Å². The van der Waals surface area contributed by atoms with Gasteiger partial charge in [0.05, 0.1) is 13.1 Å². The van der Waals surface area contributed by atoms with Crippen molar-refractivity contribution in [3.63, 3.8) is 0 Å². The standard InChI is InChI=1S/C21H30N4O3/c26-19(22-15-20(27)25-10-4-5-11-25)16-24-12-8-18(9-13-24)21(28)23-14-17-6-2-1-3-7-17/h1-3,6-7,18H,4-5,8-16H2,(H,22,26)(H,23,28). The molecule has 0 aromatic heterocycles. The van der Waals surface area contributed by atoms with Gasteiger partial charge in [0, 0.05) is 25.6 Å². The third-order valence-electron chi connectivity index (χ3n) is 5.53. The van der Waals surface area contributed by atoms with Crippen LogP contribution >= 0.6 is 0 Å². The number of nitrogens with one attached hydrogen (secondary N) is 2. The quantitative estimate of drug-likeness (QED) is 0.725. The Balaban J connectivity index is 1.31. The van der Waals surface area contributed by atoms with E-state index in [4.69, 9.17) is 0 Å². The van der Waals surface area contributed by atoms with Gasteiger partial charge in [-0.15, -0.1) is 0 Å². The van der Waals surface area contributed by atoms with Gasteiger partial charge in [0.25, 0.3) is 0 Å². The Morgan fingerprint density at radius 3 is 2.29 bits per heavy atom. The molecule has 0 unspecified atom stereocenters. The molecule has 7 nitrogen and oxygen atoms in total. The Morgan fingerprint density at radius 1 is 0.929 bits per heavy atom. The second kappa shape index (κ2) is 10.2. The summed E-state index contributed by atoms with van der Waals surface area (Å²) in [5.74, 6) is -0.0388. The fraction of sp³-hybridized carbons (Fsp3) is 0.571. The summed E-state index contributed by atoms with van der Waals surface area (Å²) in [6.45, 7) is 3.95. The zero-order valence-corrected chi connectivity index (χ0v) is 16.4. The molecule has 7 heteroatoms. The number of likely N-dealkylation sites (tertiary alicyclic amines) is 2. The molecule has 28 heavy (non-hydrogen) atoms. The van der Waals surface area contributed by atoms with E-state index in [0.717, 1.165) is 57.4 Å². The number of hydrogen-bond donors (Lipinski definition) is 2. The lowest BCUT2D eigenvalue weighted by atomic mass is 9.96. The van der Waals surface area contributed by atoms with Crippen LogP contribution in [0.15, 0.2) is 30.3 Å². The Labute approximate surface area is 166 Å². The van der Waals surface area contributed by atoms with Crippen molar-refractivity contribution in [3.05, 3.63) is 35.9 Å². The Morgan fingerprint density at radius 2 is 1.61 bits per heavy atom. The average molecular weight is 386 g/mol. The van der Waals surface area contributed by atoms with Gasteiger partial charge in [0.1, 0.15) is 0 Å². The molecule has 0 atom stereocenters. The van der Waals surface area contributed by atoms with Crippen LogP contribution in [0.2, 0.25) is 0 Å². The number of nitrogens with zero attached hydrogens (tertiary/aromatic N) is 2. The van der Waals surface area contributed by atoms with E-state index in [1.165, 1.54) is 0 Å².